The summed E-state index contributed by atoms with van der Waals surface area (Å²) in [4.78, 5) is 11.2. The lowest BCUT2D eigenvalue weighted by atomic mass is 10.0. The summed E-state index contributed by atoms with van der Waals surface area (Å²) in [5.74, 6) is -0.204. The highest BCUT2D eigenvalue weighted by Gasteiger charge is 2.17. The van der Waals surface area contributed by atoms with Crippen LogP contribution in [0.25, 0.3) is 0 Å². The summed E-state index contributed by atoms with van der Waals surface area (Å²) in [5, 5.41) is 0. The van der Waals surface area contributed by atoms with Gasteiger partial charge in [0.15, 0.2) is 0 Å². The van der Waals surface area contributed by atoms with Crippen molar-refractivity contribution in [1.29, 1.82) is 0 Å². The van der Waals surface area contributed by atoms with E-state index in [1.807, 2.05) is 32.0 Å². The second-order valence-corrected chi connectivity index (χ2v) is 5.52. The van der Waals surface area contributed by atoms with Gasteiger partial charge in [-0.1, -0.05) is 37.9 Å². The molecule has 0 fully saturated rings. The minimum Gasteiger partial charge on any atom is -0.465 e. The molecule has 0 radical (unpaired) electrons. The standard InChI is InChI=1S/C12H14Br2O2/c1-3-16-12(15)11(14)7-9-4-5-10(13)6-8(9)2/h4-6,11H,3,7H2,1-2H3. The Morgan fingerprint density at radius 1 is 1.50 bits per heavy atom. The van der Waals surface area contributed by atoms with Gasteiger partial charge >= 0.3 is 5.97 Å². The van der Waals surface area contributed by atoms with Crippen molar-refractivity contribution >= 4 is 37.8 Å². The first-order chi connectivity index (χ1) is 7.54. The average Bonchev–Trinajstić information content (AvgIpc) is 2.22. The van der Waals surface area contributed by atoms with E-state index in [9.17, 15) is 4.79 Å². The Labute approximate surface area is 113 Å². The van der Waals surface area contributed by atoms with Crippen LogP contribution in [0, 0.1) is 6.92 Å². The molecule has 1 aromatic carbocycles. The maximum absolute atomic E-state index is 11.4. The van der Waals surface area contributed by atoms with Gasteiger partial charge in [-0.2, -0.15) is 0 Å². The first-order valence-corrected chi connectivity index (χ1v) is 6.81. The summed E-state index contributed by atoms with van der Waals surface area (Å²) in [6, 6.07) is 6.04. The lowest BCUT2D eigenvalue weighted by molar-refractivity contribution is -0.142. The van der Waals surface area contributed by atoms with E-state index in [4.69, 9.17) is 4.74 Å². The Kier molecular flexibility index (Phi) is 5.49. The topological polar surface area (TPSA) is 26.3 Å². The Balaban J connectivity index is 2.69. The van der Waals surface area contributed by atoms with Crippen molar-refractivity contribution in [2.75, 3.05) is 6.61 Å². The molecule has 0 spiro atoms. The predicted molar refractivity (Wildman–Crippen MR) is 71.9 cm³/mol. The second-order valence-electron chi connectivity index (χ2n) is 3.49. The van der Waals surface area contributed by atoms with Crippen LogP contribution in [-0.4, -0.2) is 17.4 Å². The number of hydrogen-bond acceptors (Lipinski definition) is 2. The van der Waals surface area contributed by atoms with E-state index >= 15 is 0 Å². The molecule has 0 heterocycles. The van der Waals surface area contributed by atoms with Gasteiger partial charge in [0.1, 0.15) is 4.83 Å². The summed E-state index contributed by atoms with van der Waals surface area (Å²) in [6.45, 7) is 4.26. The van der Waals surface area contributed by atoms with Gasteiger partial charge < -0.3 is 4.74 Å². The van der Waals surface area contributed by atoms with Crippen molar-refractivity contribution in [3.05, 3.63) is 33.8 Å². The molecule has 0 amide bonds. The summed E-state index contributed by atoms with van der Waals surface area (Å²) in [6.07, 6.45) is 0.651. The number of benzene rings is 1. The molecule has 0 aliphatic rings. The summed E-state index contributed by atoms with van der Waals surface area (Å²) in [7, 11) is 0. The molecule has 1 unspecified atom stereocenters. The van der Waals surface area contributed by atoms with Crippen LogP contribution in [0.5, 0.6) is 0 Å². The minimum absolute atomic E-state index is 0.204. The molecule has 1 aromatic rings. The lowest BCUT2D eigenvalue weighted by Gasteiger charge is -2.11. The molecule has 0 saturated carbocycles. The molecule has 1 rings (SSSR count). The summed E-state index contributed by atoms with van der Waals surface area (Å²) >= 11 is 6.76. The Morgan fingerprint density at radius 3 is 2.75 bits per heavy atom. The summed E-state index contributed by atoms with van der Waals surface area (Å²) in [5.41, 5.74) is 2.32. The van der Waals surface area contributed by atoms with Crippen molar-refractivity contribution in [2.24, 2.45) is 0 Å². The zero-order valence-electron chi connectivity index (χ0n) is 9.30. The largest absolute Gasteiger partial charge is 0.465 e. The maximum atomic E-state index is 11.4. The molecule has 88 valence electrons. The van der Waals surface area contributed by atoms with Crippen LogP contribution in [0.2, 0.25) is 0 Å². The molecule has 0 aromatic heterocycles. The molecular weight excluding hydrogens is 336 g/mol. The maximum Gasteiger partial charge on any atom is 0.320 e. The molecule has 0 N–H and O–H groups in total. The number of carbonyl (C=O) groups excluding carboxylic acids is 1. The first-order valence-electron chi connectivity index (χ1n) is 5.10. The van der Waals surface area contributed by atoms with Crippen LogP contribution in [0.4, 0.5) is 0 Å². The molecule has 1 atom stereocenters. The van der Waals surface area contributed by atoms with E-state index in [1.165, 1.54) is 5.56 Å². The monoisotopic (exact) mass is 348 g/mol. The van der Waals surface area contributed by atoms with E-state index < -0.39 is 0 Å². The first kappa shape index (κ1) is 13.7. The fourth-order valence-electron chi connectivity index (χ4n) is 1.40. The third kappa shape index (κ3) is 3.91. The van der Waals surface area contributed by atoms with Crippen molar-refractivity contribution in [3.63, 3.8) is 0 Å². The zero-order valence-corrected chi connectivity index (χ0v) is 12.5. The van der Waals surface area contributed by atoms with Gasteiger partial charge in [-0.05, 0) is 43.5 Å². The van der Waals surface area contributed by atoms with Crippen LogP contribution < -0.4 is 0 Å². The number of ether oxygens (including phenoxy) is 1. The van der Waals surface area contributed by atoms with E-state index in [0.717, 1.165) is 10.0 Å². The number of aryl methyl sites for hydroxylation is 1. The average molecular weight is 350 g/mol. The van der Waals surface area contributed by atoms with Gasteiger partial charge in [-0.15, -0.1) is 0 Å². The van der Waals surface area contributed by atoms with Crippen molar-refractivity contribution in [1.82, 2.24) is 0 Å². The van der Waals surface area contributed by atoms with Crippen LogP contribution in [-0.2, 0) is 16.0 Å². The molecule has 0 aliphatic heterocycles. The van der Waals surface area contributed by atoms with E-state index in [0.29, 0.717) is 13.0 Å². The molecule has 16 heavy (non-hydrogen) atoms. The van der Waals surface area contributed by atoms with E-state index in [2.05, 4.69) is 31.9 Å². The molecule has 0 saturated heterocycles. The number of carbonyl (C=O) groups is 1. The molecule has 2 nitrogen and oxygen atoms in total. The number of rotatable bonds is 4. The van der Waals surface area contributed by atoms with Crippen LogP contribution in [0.1, 0.15) is 18.1 Å². The Bertz CT molecular complexity index is 377. The Morgan fingerprint density at radius 2 is 2.19 bits per heavy atom. The molecule has 0 aliphatic carbocycles. The number of alkyl halides is 1. The van der Waals surface area contributed by atoms with Gasteiger partial charge in [-0.25, -0.2) is 0 Å². The van der Waals surface area contributed by atoms with Gasteiger partial charge in [0.2, 0.25) is 0 Å². The molecule has 4 heteroatoms. The van der Waals surface area contributed by atoms with Crippen LogP contribution in [0.3, 0.4) is 0 Å². The summed E-state index contributed by atoms with van der Waals surface area (Å²) < 4.78 is 6.00. The number of hydrogen-bond donors (Lipinski definition) is 0. The van der Waals surface area contributed by atoms with Crippen LogP contribution in [0.15, 0.2) is 22.7 Å². The van der Waals surface area contributed by atoms with Gasteiger partial charge in [-0.3, -0.25) is 4.79 Å². The minimum atomic E-state index is -0.271. The highest BCUT2D eigenvalue weighted by Crippen LogP contribution is 2.19. The van der Waals surface area contributed by atoms with E-state index in [-0.39, 0.29) is 10.8 Å². The molecular formula is C12H14Br2O2. The predicted octanol–water partition coefficient (Wildman–Crippen LogP) is 3.63. The SMILES string of the molecule is CCOC(=O)C(Br)Cc1ccc(Br)cc1C. The smallest absolute Gasteiger partial charge is 0.320 e. The third-order valence-electron chi connectivity index (χ3n) is 2.25. The fraction of sp³-hybridized carbons (Fsp3) is 0.417. The van der Waals surface area contributed by atoms with Crippen molar-refractivity contribution in [2.45, 2.75) is 25.1 Å². The lowest BCUT2D eigenvalue weighted by Crippen LogP contribution is -2.20. The zero-order chi connectivity index (χ0) is 12.1. The highest BCUT2D eigenvalue weighted by atomic mass is 79.9. The molecule has 0 bridgehead atoms. The number of esters is 1. The Hall–Kier alpha value is -0.350. The highest BCUT2D eigenvalue weighted by molar-refractivity contribution is 9.10. The van der Waals surface area contributed by atoms with Crippen LogP contribution >= 0.6 is 31.9 Å². The van der Waals surface area contributed by atoms with Gasteiger partial charge in [0, 0.05) is 4.47 Å². The fourth-order valence-corrected chi connectivity index (χ4v) is 2.35. The van der Waals surface area contributed by atoms with E-state index in [1.54, 1.807) is 0 Å². The second kappa shape index (κ2) is 6.40. The van der Waals surface area contributed by atoms with Gasteiger partial charge in [0.05, 0.1) is 6.61 Å². The van der Waals surface area contributed by atoms with Gasteiger partial charge in [0.25, 0.3) is 0 Å². The quantitative estimate of drug-likeness (QED) is 0.613. The third-order valence-corrected chi connectivity index (χ3v) is 3.44. The normalized spacial score (nSPS) is 12.2. The number of halogens is 2. The van der Waals surface area contributed by atoms with Crippen molar-refractivity contribution < 1.29 is 9.53 Å². The van der Waals surface area contributed by atoms with Crippen molar-refractivity contribution in [3.8, 4) is 0 Å².